The number of aromatic nitrogens is 2. The zero-order valence-electron chi connectivity index (χ0n) is 15.1. The highest BCUT2D eigenvalue weighted by atomic mass is 19.1. The third kappa shape index (κ3) is 5.04. The molecule has 0 radical (unpaired) electrons. The maximum atomic E-state index is 13.1. The molecule has 0 aromatic carbocycles. The Kier molecular flexibility index (Phi) is 5.81. The SMILES string of the molecule is CCN1CCc2nn(C/C(=C/F)CNC(=O)OC(C)(C)C)cc2C1=O. The fraction of sp³-hybridized carbons (Fsp3) is 0.588. The summed E-state index contributed by atoms with van der Waals surface area (Å²) in [5.74, 6) is -0.0485. The zero-order chi connectivity index (χ0) is 18.6. The number of halogens is 1. The van der Waals surface area contributed by atoms with Crippen LogP contribution in [0.15, 0.2) is 18.1 Å². The first-order valence-corrected chi connectivity index (χ1v) is 8.34. The first-order valence-electron chi connectivity index (χ1n) is 8.34. The Morgan fingerprint density at radius 1 is 1.48 bits per heavy atom. The van der Waals surface area contributed by atoms with Crippen LogP contribution in [0.3, 0.4) is 0 Å². The van der Waals surface area contributed by atoms with Crippen molar-refractivity contribution in [1.82, 2.24) is 20.0 Å². The highest BCUT2D eigenvalue weighted by Gasteiger charge is 2.26. The van der Waals surface area contributed by atoms with Crippen LogP contribution in [0.4, 0.5) is 9.18 Å². The van der Waals surface area contributed by atoms with E-state index in [2.05, 4.69) is 10.4 Å². The van der Waals surface area contributed by atoms with Crippen molar-refractivity contribution in [3.8, 4) is 0 Å². The molecule has 0 spiro atoms. The topological polar surface area (TPSA) is 76.5 Å². The van der Waals surface area contributed by atoms with E-state index >= 15 is 0 Å². The van der Waals surface area contributed by atoms with Crippen molar-refractivity contribution in [3.63, 3.8) is 0 Å². The molecule has 0 saturated carbocycles. The van der Waals surface area contributed by atoms with Gasteiger partial charge in [-0.3, -0.25) is 9.48 Å². The quantitative estimate of drug-likeness (QED) is 0.882. The minimum atomic E-state index is -0.615. The van der Waals surface area contributed by atoms with Gasteiger partial charge in [-0.2, -0.15) is 5.10 Å². The Hall–Kier alpha value is -2.38. The molecular weight excluding hydrogens is 327 g/mol. The number of carbonyl (C=O) groups is 2. The molecule has 1 aromatic heterocycles. The van der Waals surface area contributed by atoms with E-state index in [0.717, 1.165) is 5.69 Å². The number of likely N-dealkylation sites (N-methyl/N-ethyl adjacent to an activating group) is 1. The highest BCUT2D eigenvalue weighted by molar-refractivity contribution is 5.96. The third-order valence-electron chi connectivity index (χ3n) is 3.73. The van der Waals surface area contributed by atoms with Crippen molar-refractivity contribution < 1.29 is 18.7 Å². The van der Waals surface area contributed by atoms with Crippen molar-refractivity contribution >= 4 is 12.0 Å². The van der Waals surface area contributed by atoms with Gasteiger partial charge in [-0.25, -0.2) is 9.18 Å². The van der Waals surface area contributed by atoms with Crippen molar-refractivity contribution in [2.75, 3.05) is 19.6 Å². The molecule has 1 aliphatic heterocycles. The number of hydrogen-bond acceptors (Lipinski definition) is 4. The molecule has 1 aliphatic rings. The average Bonchev–Trinajstić information content (AvgIpc) is 2.93. The van der Waals surface area contributed by atoms with E-state index in [9.17, 15) is 14.0 Å². The van der Waals surface area contributed by atoms with Crippen molar-refractivity contribution in [2.45, 2.75) is 46.3 Å². The summed E-state index contributed by atoms with van der Waals surface area (Å²) in [4.78, 5) is 25.7. The molecule has 0 fully saturated rings. The van der Waals surface area contributed by atoms with Gasteiger partial charge in [0.15, 0.2) is 0 Å². The van der Waals surface area contributed by atoms with Crippen LogP contribution in [-0.4, -0.2) is 51.9 Å². The van der Waals surface area contributed by atoms with E-state index in [1.165, 1.54) is 4.68 Å². The largest absolute Gasteiger partial charge is 0.444 e. The Bertz CT molecular complexity index is 676. The zero-order valence-corrected chi connectivity index (χ0v) is 15.1. The molecule has 7 nitrogen and oxygen atoms in total. The Labute approximate surface area is 146 Å². The summed E-state index contributed by atoms with van der Waals surface area (Å²) in [5.41, 5.74) is 1.00. The lowest BCUT2D eigenvalue weighted by Gasteiger charge is -2.24. The van der Waals surface area contributed by atoms with Crippen LogP contribution in [0.2, 0.25) is 0 Å². The molecule has 0 atom stereocenters. The molecule has 8 heteroatoms. The summed E-state index contributed by atoms with van der Waals surface area (Å²) in [6.45, 7) is 8.64. The minimum Gasteiger partial charge on any atom is -0.444 e. The summed E-state index contributed by atoms with van der Waals surface area (Å²) < 4.78 is 19.8. The molecule has 0 saturated heterocycles. The summed E-state index contributed by atoms with van der Waals surface area (Å²) in [5, 5.41) is 6.87. The lowest BCUT2D eigenvalue weighted by molar-refractivity contribution is 0.0531. The maximum absolute atomic E-state index is 13.1. The van der Waals surface area contributed by atoms with Crippen LogP contribution < -0.4 is 5.32 Å². The molecule has 0 bridgehead atoms. The van der Waals surface area contributed by atoms with Gasteiger partial charge in [0.25, 0.3) is 5.91 Å². The van der Waals surface area contributed by atoms with E-state index in [1.807, 2.05) is 6.92 Å². The predicted octanol–water partition coefficient (Wildman–Crippen LogP) is 2.28. The van der Waals surface area contributed by atoms with E-state index in [1.54, 1.807) is 31.9 Å². The van der Waals surface area contributed by atoms with Crippen molar-refractivity contribution in [1.29, 1.82) is 0 Å². The Balaban J connectivity index is 1.97. The number of hydrogen-bond donors (Lipinski definition) is 1. The van der Waals surface area contributed by atoms with Crippen molar-refractivity contribution in [2.24, 2.45) is 0 Å². The van der Waals surface area contributed by atoms with Gasteiger partial charge in [0.2, 0.25) is 0 Å². The number of nitrogens with zero attached hydrogens (tertiary/aromatic N) is 3. The van der Waals surface area contributed by atoms with Crippen LogP contribution in [0.25, 0.3) is 0 Å². The van der Waals surface area contributed by atoms with E-state index in [0.29, 0.717) is 37.0 Å². The minimum absolute atomic E-state index is 0.00493. The second kappa shape index (κ2) is 7.67. The summed E-state index contributed by atoms with van der Waals surface area (Å²) in [6, 6.07) is 0. The van der Waals surface area contributed by atoms with E-state index < -0.39 is 11.7 Å². The first kappa shape index (κ1) is 19.0. The number of carbonyl (C=O) groups excluding carboxylic acids is 2. The summed E-state index contributed by atoms with van der Waals surface area (Å²) in [6.07, 6.45) is 2.15. The molecular formula is C17H25FN4O3. The standard InChI is InChI=1S/C17H25FN4O3/c1-5-21-7-6-14-13(15(21)23)11-22(20-14)10-12(8-18)9-19-16(24)25-17(2,3)4/h8,11H,5-7,9-10H2,1-4H3,(H,19,24)/b12-8+. The molecule has 25 heavy (non-hydrogen) atoms. The number of amides is 2. The lowest BCUT2D eigenvalue weighted by Crippen LogP contribution is -2.36. The van der Waals surface area contributed by atoms with Gasteiger partial charge in [0.05, 0.1) is 24.1 Å². The second-order valence-electron chi connectivity index (χ2n) is 6.94. The summed E-state index contributed by atoms with van der Waals surface area (Å²) >= 11 is 0. The number of fused-ring (bicyclic) bond motifs is 1. The first-order chi connectivity index (χ1) is 11.7. The molecule has 1 N–H and O–H groups in total. The lowest BCUT2D eigenvalue weighted by atomic mass is 10.1. The second-order valence-corrected chi connectivity index (χ2v) is 6.94. The maximum Gasteiger partial charge on any atom is 0.407 e. The van der Waals surface area contributed by atoms with Crippen LogP contribution >= 0.6 is 0 Å². The predicted molar refractivity (Wildman–Crippen MR) is 90.9 cm³/mol. The van der Waals surface area contributed by atoms with Gasteiger partial charge in [-0.05, 0) is 33.3 Å². The van der Waals surface area contributed by atoms with Gasteiger partial charge in [0, 0.05) is 32.3 Å². The van der Waals surface area contributed by atoms with Gasteiger partial charge < -0.3 is 15.0 Å². The molecule has 2 heterocycles. The van der Waals surface area contributed by atoms with Gasteiger partial charge >= 0.3 is 6.09 Å². The van der Waals surface area contributed by atoms with Crippen molar-refractivity contribution in [3.05, 3.63) is 29.4 Å². The fourth-order valence-corrected chi connectivity index (χ4v) is 2.56. The van der Waals surface area contributed by atoms with Gasteiger partial charge in [0.1, 0.15) is 5.60 Å². The molecule has 2 rings (SSSR count). The highest BCUT2D eigenvalue weighted by Crippen LogP contribution is 2.18. The van der Waals surface area contributed by atoms with E-state index in [4.69, 9.17) is 4.74 Å². The Morgan fingerprint density at radius 2 is 2.20 bits per heavy atom. The van der Waals surface area contributed by atoms with Crippen LogP contribution in [0.1, 0.15) is 43.7 Å². The number of ether oxygens (including phenoxy) is 1. The van der Waals surface area contributed by atoms with Gasteiger partial charge in [-0.1, -0.05) is 0 Å². The molecule has 0 aliphatic carbocycles. The normalized spacial score (nSPS) is 15.2. The number of alkyl carbamates (subject to hydrolysis) is 1. The van der Waals surface area contributed by atoms with E-state index in [-0.39, 0.29) is 19.0 Å². The van der Waals surface area contributed by atoms with Crippen LogP contribution in [-0.2, 0) is 17.7 Å². The monoisotopic (exact) mass is 352 g/mol. The fourth-order valence-electron chi connectivity index (χ4n) is 2.56. The third-order valence-corrected chi connectivity index (χ3v) is 3.73. The average molecular weight is 352 g/mol. The molecule has 138 valence electrons. The summed E-state index contributed by atoms with van der Waals surface area (Å²) in [7, 11) is 0. The molecule has 0 unspecified atom stereocenters. The Morgan fingerprint density at radius 3 is 2.80 bits per heavy atom. The smallest absolute Gasteiger partial charge is 0.407 e. The number of nitrogens with one attached hydrogen (secondary N) is 1. The van der Waals surface area contributed by atoms with Gasteiger partial charge in [-0.15, -0.1) is 0 Å². The molecule has 2 amide bonds. The van der Waals surface area contributed by atoms with Crippen LogP contribution in [0.5, 0.6) is 0 Å². The van der Waals surface area contributed by atoms with Crippen LogP contribution in [0, 0.1) is 0 Å². The number of rotatable bonds is 5. The molecule has 1 aromatic rings.